The van der Waals surface area contributed by atoms with Crippen molar-refractivity contribution in [2.24, 2.45) is 0 Å². The van der Waals surface area contributed by atoms with Crippen molar-refractivity contribution in [1.82, 2.24) is 10.2 Å². The van der Waals surface area contributed by atoms with E-state index in [0.29, 0.717) is 32.4 Å². The highest BCUT2D eigenvalue weighted by Gasteiger charge is 2.35. The van der Waals surface area contributed by atoms with Gasteiger partial charge in [-0.1, -0.05) is 32.0 Å². The van der Waals surface area contributed by atoms with Crippen LogP contribution in [-0.2, 0) is 19.7 Å². The fourth-order valence-corrected chi connectivity index (χ4v) is 3.89. The Bertz CT molecular complexity index is 668. The van der Waals surface area contributed by atoms with Gasteiger partial charge in [0.25, 0.3) is 0 Å². The maximum absolute atomic E-state index is 12.6. The number of hydrogen-bond donors (Lipinski definition) is 1. The zero-order valence-electron chi connectivity index (χ0n) is 16.5. The molecule has 1 N–H and O–H groups in total. The highest BCUT2D eigenvalue weighted by atomic mass is 16.5. The second-order valence-electron chi connectivity index (χ2n) is 8.03. The minimum atomic E-state index is -0.138. The number of fused-ring (bicyclic) bond motifs is 1. The number of carbonyl (C=O) groups is 2. The second-order valence-corrected chi connectivity index (χ2v) is 8.03. The molecule has 1 fully saturated rings. The normalized spacial score (nSPS) is 19.6. The van der Waals surface area contributed by atoms with Crippen molar-refractivity contribution in [2.45, 2.75) is 38.5 Å². The molecule has 0 aliphatic carbocycles. The Balaban J connectivity index is 1.44. The topological polar surface area (TPSA) is 61.9 Å². The number of nitrogens with zero attached hydrogens (tertiary/aromatic N) is 2. The third-order valence-corrected chi connectivity index (χ3v) is 5.46. The van der Waals surface area contributed by atoms with Crippen LogP contribution in [0.2, 0.25) is 0 Å². The molecule has 3 rings (SSSR count). The lowest BCUT2D eigenvalue weighted by atomic mass is 9.77. The number of amides is 2. The van der Waals surface area contributed by atoms with Crippen molar-refractivity contribution >= 4 is 17.5 Å². The van der Waals surface area contributed by atoms with Crippen LogP contribution in [0.1, 0.15) is 38.7 Å². The van der Waals surface area contributed by atoms with E-state index in [2.05, 4.69) is 30.1 Å². The fourth-order valence-electron chi connectivity index (χ4n) is 3.89. The van der Waals surface area contributed by atoms with Gasteiger partial charge in [-0.05, 0) is 18.1 Å². The molecule has 2 heterocycles. The van der Waals surface area contributed by atoms with Crippen LogP contribution < -0.4 is 10.2 Å². The number of hydrogen-bond acceptors (Lipinski definition) is 4. The van der Waals surface area contributed by atoms with Gasteiger partial charge < -0.3 is 15.0 Å². The predicted octanol–water partition coefficient (Wildman–Crippen LogP) is 1.93. The van der Waals surface area contributed by atoms with E-state index in [-0.39, 0.29) is 17.2 Å². The molecule has 0 unspecified atom stereocenters. The second kappa shape index (κ2) is 8.85. The molecule has 0 bridgehead atoms. The van der Waals surface area contributed by atoms with E-state index < -0.39 is 0 Å². The smallest absolute Gasteiger partial charge is 0.227 e. The average Bonchev–Trinajstić information content (AvgIpc) is 2.65. The summed E-state index contributed by atoms with van der Waals surface area (Å²) in [6.07, 6.45) is 1.62. The van der Waals surface area contributed by atoms with Gasteiger partial charge in [0.2, 0.25) is 11.8 Å². The molecule has 1 aromatic rings. The third kappa shape index (κ3) is 5.08. The molecule has 6 heteroatoms. The number of para-hydroxylation sites is 1. The summed E-state index contributed by atoms with van der Waals surface area (Å²) in [5.74, 6) is 0.202. The van der Waals surface area contributed by atoms with Crippen molar-refractivity contribution in [3.63, 3.8) is 0 Å². The lowest BCUT2D eigenvalue weighted by molar-refractivity contribution is -0.122. The van der Waals surface area contributed by atoms with Gasteiger partial charge in [0.05, 0.1) is 13.2 Å². The zero-order chi connectivity index (χ0) is 19.3. The molecule has 2 amide bonds. The SMILES string of the molecule is CC1(C)CC(=O)N(CCCC(=O)NCCN2CCOCC2)c2ccccc21. The van der Waals surface area contributed by atoms with Crippen LogP contribution in [-0.4, -0.2) is 62.7 Å². The number of ether oxygens (including phenoxy) is 1. The summed E-state index contributed by atoms with van der Waals surface area (Å²) in [7, 11) is 0. The maximum atomic E-state index is 12.6. The summed E-state index contributed by atoms with van der Waals surface area (Å²) in [5, 5.41) is 2.99. The van der Waals surface area contributed by atoms with E-state index in [4.69, 9.17) is 4.74 Å². The number of carbonyl (C=O) groups excluding carboxylic acids is 2. The average molecular weight is 373 g/mol. The number of nitrogens with one attached hydrogen (secondary N) is 1. The molecule has 2 aliphatic heterocycles. The van der Waals surface area contributed by atoms with E-state index in [1.54, 1.807) is 0 Å². The van der Waals surface area contributed by atoms with Crippen molar-refractivity contribution in [1.29, 1.82) is 0 Å². The minimum absolute atomic E-state index is 0.0568. The monoisotopic (exact) mass is 373 g/mol. The van der Waals surface area contributed by atoms with Crippen LogP contribution in [0.15, 0.2) is 24.3 Å². The Morgan fingerprint density at radius 3 is 2.70 bits per heavy atom. The first kappa shape index (κ1) is 19.8. The summed E-state index contributed by atoms with van der Waals surface area (Å²) in [6.45, 7) is 9.76. The Morgan fingerprint density at radius 1 is 1.19 bits per heavy atom. The molecule has 0 radical (unpaired) electrons. The van der Waals surface area contributed by atoms with Crippen LogP contribution in [0.25, 0.3) is 0 Å². The Hall–Kier alpha value is -1.92. The number of morpholine rings is 1. The summed E-state index contributed by atoms with van der Waals surface area (Å²) in [5.41, 5.74) is 2.06. The number of rotatable bonds is 7. The molecular weight excluding hydrogens is 342 g/mol. The third-order valence-electron chi connectivity index (χ3n) is 5.46. The van der Waals surface area contributed by atoms with E-state index >= 15 is 0 Å². The van der Waals surface area contributed by atoms with Gasteiger partial charge >= 0.3 is 0 Å². The molecule has 1 saturated heterocycles. The van der Waals surface area contributed by atoms with Crippen molar-refractivity contribution in [3.05, 3.63) is 29.8 Å². The standard InChI is InChI=1S/C21H31N3O3/c1-21(2)16-20(26)24(18-7-4-3-6-17(18)21)10-5-8-19(25)22-9-11-23-12-14-27-15-13-23/h3-4,6-7H,5,8-16H2,1-2H3,(H,22,25). The molecule has 0 saturated carbocycles. The van der Waals surface area contributed by atoms with Crippen LogP contribution >= 0.6 is 0 Å². The van der Waals surface area contributed by atoms with Gasteiger partial charge in [0.15, 0.2) is 0 Å². The van der Waals surface area contributed by atoms with Gasteiger partial charge in [-0.3, -0.25) is 14.5 Å². The minimum Gasteiger partial charge on any atom is -0.379 e. The van der Waals surface area contributed by atoms with E-state index in [0.717, 1.165) is 38.5 Å². The predicted molar refractivity (Wildman–Crippen MR) is 106 cm³/mol. The van der Waals surface area contributed by atoms with E-state index in [1.807, 2.05) is 23.1 Å². The highest BCUT2D eigenvalue weighted by molar-refractivity contribution is 5.97. The lowest BCUT2D eigenvalue weighted by Crippen LogP contribution is -2.43. The molecule has 27 heavy (non-hydrogen) atoms. The molecular formula is C21H31N3O3. The first-order valence-electron chi connectivity index (χ1n) is 9.94. The first-order chi connectivity index (χ1) is 13.0. The summed E-state index contributed by atoms with van der Waals surface area (Å²) >= 11 is 0. The molecule has 2 aliphatic rings. The molecule has 0 atom stereocenters. The van der Waals surface area contributed by atoms with Crippen molar-refractivity contribution in [3.8, 4) is 0 Å². The van der Waals surface area contributed by atoms with Gasteiger partial charge in [-0.25, -0.2) is 0 Å². The van der Waals surface area contributed by atoms with Gasteiger partial charge in [0.1, 0.15) is 0 Å². The molecule has 1 aromatic carbocycles. The number of anilines is 1. The summed E-state index contributed by atoms with van der Waals surface area (Å²) in [4.78, 5) is 28.9. The maximum Gasteiger partial charge on any atom is 0.227 e. The molecule has 148 valence electrons. The summed E-state index contributed by atoms with van der Waals surface area (Å²) in [6, 6.07) is 8.11. The van der Waals surface area contributed by atoms with Crippen molar-refractivity contribution in [2.75, 3.05) is 50.8 Å². The van der Waals surface area contributed by atoms with Crippen LogP contribution in [0.3, 0.4) is 0 Å². The van der Waals surface area contributed by atoms with Gasteiger partial charge in [-0.15, -0.1) is 0 Å². The quantitative estimate of drug-likeness (QED) is 0.793. The van der Waals surface area contributed by atoms with E-state index in [1.165, 1.54) is 5.56 Å². The Morgan fingerprint density at radius 2 is 1.93 bits per heavy atom. The largest absolute Gasteiger partial charge is 0.379 e. The highest BCUT2D eigenvalue weighted by Crippen LogP contribution is 2.39. The molecule has 0 aromatic heterocycles. The van der Waals surface area contributed by atoms with Gasteiger partial charge in [-0.2, -0.15) is 0 Å². The molecule has 0 spiro atoms. The van der Waals surface area contributed by atoms with Crippen LogP contribution in [0, 0.1) is 0 Å². The van der Waals surface area contributed by atoms with Gasteiger partial charge in [0, 0.05) is 56.7 Å². The molecule has 6 nitrogen and oxygen atoms in total. The first-order valence-corrected chi connectivity index (χ1v) is 9.94. The fraction of sp³-hybridized carbons (Fsp3) is 0.619. The van der Waals surface area contributed by atoms with Crippen molar-refractivity contribution < 1.29 is 14.3 Å². The Labute approximate surface area is 161 Å². The van der Waals surface area contributed by atoms with E-state index in [9.17, 15) is 9.59 Å². The number of benzene rings is 1. The van der Waals surface area contributed by atoms with Crippen LogP contribution in [0.4, 0.5) is 5.69 Å². The zero-order valence-corrected chi connectivity index (χ0v) is 16.5. The lowest BCUT2D eigenvalue weighted by Gasteiger charge is -2.38. The Kier molecular flexibility index (Phi) is 6.50. The van der Waals surface area contributed by atoms with Crippen LogP contribution in [0.5, 0.6) is 0 Å². The summed E-state index contributed by atoms with van der Waals surface area (Å²) < 4.78 is 5.32.